The van der Waals surface area contributed by atoms with Gasteiger partial charge in [-0.15, -0.1) is 22.7 Å². The minimum Gasteiger partial charge on any atom is -0.477 e. The molecule has 0 unspecified atom stereocenters. The summed E-state index contributed by atoms with van der Waals surface area (Å²) in [5.41, 5.74) is 21.1. The molecule has 0 amide bonds. The number of unbranched alkanes of at least 4 members (excludes halogenated alkanes) is 12. The standard InChI is InChI=1S/C63H68N4O3S3/c1-9-11-13-15-17-19-21-23-37-27-44-55-46(29-37)62(5,6)48-32-39(33-49-57(48)67(55)56-45(61(44,3)4)28-38(30-47(56)63(49,7)8)24-22-20-18-16-14-12-10-2)42-25-26-43(54-53(42)65-73-66-54)52-35-51-59(72-52)58-50(70-51)34-41(71-58)31-40(36-64)60(68)69/h25-35H,9-24H2,1-8H3,(H,68,69)/b40-31-. The largest absolute Gasteiger partial charge is 0.477 e. The highest BCUT2D eigenvalue weighted by Crippen LogP contribution is 2.67. The third kappa shape index (κ3) is 8.37. The Morgan fingerprint density at radius 3 is 1.55 bits per heavy atom. The van der Waals surface area contributed by atoms with E-state index >= 15 is 0 Å². The number of aryl methyl sites for hydroxylation is 2. The van der Waals surface area contributed by atoms with Crippen molar-refractivity contribution < 1.29 is 14.3 Å². The Bertz CT molecular complexity index is 3440. The van der Waals surface area contributed by atoms with Crippen LogP contribution in [0.1, 0.15) is 195 Å². The lowest BCUT2D eigenvalue weighted by Crippen LogP contribution is -2.44. The van der Waals surface area contributed by atoms with E-state index in [1.54, 1.807) is 17.4 Å². The van der Waals surface area contributed by atoms with Gasteiger partial charge in [0.15, 0.2) is 0 Å². The average Bonchev–Trinajstić information content (AvgIpc) is 4.19. The Morgan fingerprint density at radius 2 is 1.05 bits per heavy atom. The Hall–Kier alpha value is -5.60. The van der Waals surface area contributed by atoms with Gasteiger partial charge in [0.25, 0.3) is 0 Å². The highest BCUT2D eigenvalue weighted by Gasteiger charge is 2.52. The Balaban J connectivity index is 1.03. The van der Waals surface area contributed by atoms with E-state index in [-0.39, 0.29) is 21.8 Å². The molecular weight excluding hydrogens is 957 g/mol. The molecule has 0 bridgehead atoms. The van der Waals surface area contributed by atoms with E-state index < -0.39 is 5.97 Å². The maximum Gasteiger partial charge on any atom is 0.346 e. The second-order valence-electron chi connectivity index (χ2n) is 22.8. The van der Waals surface area contributed by atoms with Gasteiger partial charge in [-0.25, -0.2) is 4.79 Å². The van der Waals surface area contributed by atoms with Gasteiger partial charge in [0.1, 0.15) is 33.8 Å². The molecule has 11 rings (SSSR count). The highest BCUT2D eigenvalue weighted by molar-refractivity contribution is 7.29. The second-order valence-corrected chi connectivity index (χ2v) is 25.5. The van der Waals surface area contributed by atoms with E-state index in [1.165, 1.54) is 186 Å². The molecule has 4 aromatic heterocycles. The first-order valence-corrected chi connectivity index (χ1v) is 29.5. The van der Waals surface area contributed by atoms with Crippen LogP contribution < -0.4 is 4.90 Å². The molecule has 0 saturated carbocycles. The van der Waals surface area contributed by atoms with Crippen molar-refractivity contribution in [2.45, 2.75) is 174 Å². The van der Waals surface area contributed by atoms with Crippen LogP contribution in [-0.4, -0.2) is 19.8 Å². The van der Waals surface area contributed by atoms with Gasteiger partial charge in [-0.3, -0.25) is 0 Å². The molecule has 8 aromatic rings. The molecular formula is C63H68N4O3S3. The van der Waals surface area contributed by atoms with E-state index in [0.717, 1.165) is 54.9 Å². The highest BCUT2D eigenvalue weighted by atomic mass is 32.1. The van der Waals surface area contributed by atoms with E-state index in [9.17, 15) is 15.2 Å². The first kappa shape index (κ1) is 49.6. The number of carbonyl (C=O) groups is 1. The van der Waals surface area contributed by atoms with Gasteiger partial charge in [0.2, 0.25) is 0 Å². The molecule has 7 heterocycles. The Morgan fingerprint density at radius 1 is 0.616 bits per heavy atom. The van der Waals surface area contributed by atoms with Crippen LogP contribution in [0.2, 0.25) is 0 Å². The first-order chi connectivity index (χ1) is 35.2. The molecule has 0 radical (unpaired) electrons. The summed E-state index contributed by atoms with van der Waals surface area (Å²) < 4.78 is 18.3. The molecule has 0 saturated heterocycles. The predicted molar refractivity (Wildman–Crippen MR) is 307 cm³/mol. The topological polar surface area (TPSA) is 103 Å². The van der Waals surface area contributed by atoms with Crippen LogP contribution in [0, 0.1) is 11.3 Å². The van der Waals surface area contributed by atoms with Crippen LogP contribution in [0.15, 0.2) is 70.7 Å². The number of carboxylic acids is 1. The lowest BCUT2D eigenvalue weighted by atomic mass is 9.60. The molecule has 73 heavy (non-hydrogen) atoms. The maximum atomic E-state index is 11.6. The number of anilines is 3. The van der Waals surface area contributed by atoms with Crippen LogP contribution in [0.5, 0.6) is 0 Å². The van der Waals surface area contributed by atoms with Crippen molar-refractivity contribution in [3.05, 3.63) is 116 Å². The fraction of sp³-hybridized carbons (Fsp3) is 0.429. The summed E-state index contributed by atoms with van der Waals surface area (Å²) >= 11 is 4.33. The van der Waals surface area contributed by atoms with Crippen molar-refractivity contribution in [3.8, 4) is 27.6 Å². The van der Waals surface area contributed by atoms with Crippen LogP contribution >= 0.6 is 34.4 Å². The van der Waals surface area contributed by atoms with Gasteiger partial charge < -0.3 is 14.4 Å². The van der Waals surface area contributed by atoms with E-state index in [0.29, 0.717) is 10.5 Å². The van der Waals surface area contributed by atoms with E-state index in [2.05, 4.69) is 115 Å². The number of benzene rings is 4. The number of hydrogen-bond donors (Lipinski definition) is 1. The summed E-state index contributed by atoms with van der Waals surface area (Å²) in [6, 6.07) is 25.5. The van der Waals surface area contributed by atoms with Crippen LogP contribution in [-0.2, 0) is 33.9 Å². The van der Waals surface area contributed by atoms with Gasteiger partial charge in [-0.05, 0) is 100 Å². The average molecular weight is 1030 g/mol. The Labute approximate surface area is 443 Å². The molecule has 0 fully saturated rings. The molecule has 0 spiro atoms. The minimum absolute atomic E-state index is 0.172. The number of thiophene rings is 2. The van der Waals surface area contributed by atoms with Crippen LogP contribution in [0.3, 0.4) is 0 Å². The number of fused-ring (bicyclic) bond motifs is 4. The van der Waals surface area contributed by atoms with Crippen molar-refractivity contribution in [3.63, 3.8) is 0 Å². The Kier molecular flexibility index (Phi) is 13.1. The second kappa shape index (κ2) is 19.3. The molecule has 10 heteroatoms. The molecule has 376 valence electrons. The number of rotatable bonds is 20. The number of aromatic nitrogens is 2. The zero-order valence-electron chi connectivity index (χ0n) is 43.9. The van der Waals surface area contributed by atoms with Gasteiger partial charge in [-0.2, -0.15) is 14.0 Å². The van der Waals surface area contributed by atoms with Crippen molar-refractivity contribution in [2.75, 3.05) is 4.90 Å². The lowest BCUT2D eigenvalue weighted by Gasteiger charge is -2.55. The van der Waals surface area contributed by atoms with Gasteiger partial charge >= 0.3 is 5.97 Å². The van der Waals surface area contributed by atoms with Crippen LogP contribution in [0.4, 0.5) is 17.1 Å². The zero-order chi connectivity index (χ0) is 51.0. The van der Waals surface area contributed by atoms with Crippen LogP contribution in [0.25, 0.3) is 59.2 Å². The number of carboxylic acid groups (broad SMARTS) is 1. The minimum atomic E-state index is -1.24. The molecule has 4 aromatic carbocycles. The lowest BCUT2D eigenvalue weighted by molar-refractivity contribution is -0.132. The maximum absolute atomic E-state index is 11.6. The first-order valence-electron chi connectivity index (χ1n) is 27.1. The molecule has 0 aliphatic carbocycles. The summed E-state index contributed by atoms with van der Waals surface area (Å²) in [6.45, 7) is 19.5. The van der Waals surface area contributed by atoms with Crippen molar-refractivity contribution in [1.82, 2.24) is 8.75 Å². The smallest absolute Gasteiger partial charge is 0.346 e. The number of nitriles is 1. The number of hydrogen-bond acceptors (Lipinski definition) is 9. The van der Waals surface area contributed by atoms with Crippen molar-refractivity contribution >= 4 is 95.1 Å². The van der Waals surface area contributed by atoms with Gasteiger partial charge in [-0.1, -0.05) is 169 Å². The summed E-state index contributed by atoms with van der Waals surface area (Å²) in [7, 11) is 0. The van der Waals surface area contributed by atoms with Gasteiger partial charge in [0, 0.05) is 43.2 Å². The fourth-order valence-corrected chi connectivity index (χ4v) is 15.4. The molecule has 1 N–H and O–H groups in total. The third-order valence-corrected chi connectivity index (χ3v) is 19.7. The summed E-state index contributed by atoms with van der Waals surface area (Å²) in [4.78, 5) is 16.0. The van der Waals surface area contributed by atoms with E-state index in [1.807, 2.05) is 6.07 Å². The number of furan rings is 1. The predicted octanol–water partition coefficient (Wildman–Crippen LogP) is 19.0. The summed E-state index contributed by atoms with van der Waals surface area (Å²) in [5, 5.41) is 18.8. The monoisotopic (exact) mass is 1020 g/mol. The number of aliphatic carboxylic acids is 1. The number of nitrogens with zero attached hydrogens (tertiary/aromatic N) is 4. The van der Waals surface area contributed by atoms with E-state index in [4.69, 9.17) is 13.2 Å². The summed E-state index contributed by atoms with van der Waals surface area (Å²) in [6.07, 6.45) is 21.9. The molecule has 0 atom stereocenters. The van der Waals surface area contributed by atoms with Crippen molar-refractivity contribution in [2.24, 2.45) is 0 Å². The fourth-order valence-electron chi connectivity index (χ4n) is 12.5. The SMILES string of the molecule is CCCCCCCCCc1cc2c3c(c1)C(C)(C)c1cc(-c4ccc(-c5cc6oc7cc(/C=C(/C#N)C(=O)O)sc7c6s5)c5nsnc45)cc4c1N3c1c(cc(CCCCCCCCC)cc1C4(C)C)C2(C)C. The molecule has 3 aliphatic heterocycles. The third-order valence-electron chi connectivity index (χ3n) is 16.8. The van der Waals surface area contributed by atoms with Gasteiger partial charge in [0.05, 0.1) is 38.2 Å². The van der Waals surface area contributed by atoms with Crippen molar-refractivity contribution in [1.29, 1.82) is 5.26 Å². The molecule has 7 nitrogen and oxygen atoms in total. The molecule has 3 aliphatic rings. The normalized spacial score (nSPS) is 15.7. The summed E-state index contributed by atoms with van der Waals surface area (Å²) in [5.74, 6) is -1.24. The quantitative estimate of drug-likeness (QED) is 0.0461. The zero-order valence-corrected chi connectivity index (χ0v) is 46.4.